The maximum absolute atomic E-state index is 11.9. The Morgan fingerprint density at radius 1 is 1.53 bits per heavy atom. The molecule has 1 saturated heterocycles. The molecule has 1 aromatic rings. The third kappa shape index (κ3) is 3.34. The third-order valence-electron chi connectivity index (χ3n) is 2.68. The zero-order chi connectivity index (χ0) is 13.8. The van der Waals surface area contributed by atoms with Crippen LogP contribution >= 0.6 is 11.8 Å². The monoisotopic (exact) mass is 282 g/mol. The Bertz CT molecular complexity index is 479. The number of carboxylic acid groups (broad SMARTS) is 1. The topological polar surface area (TPSA) is 95.4 Å². The Morgan fingerprint density at radius 3 is 2.95 bits per heavy atom. The van der Waals surface area contributed by atoms with E-state index in [2.05, 4.69) is 15.3 Å². The minimum absolute atomic E-state index is 0.236. The van der Waals surface area contributed by atoms with E-state index in [0.717, 1.165) is 5.69 Å². The molecule has 0 aliphatic carbocycles. The second-order valence-electron chi connectivity index (χ2n) is 4.13. The van der Waals surface area contributed by atoms with Crippen LogP contribution in [0.4, 0.5) is 4.79 Å². The first-order valence-electron chi connectivity index (χ1n) is 5.70. The number of aliphatic carboxylic acids is 1. The Labute approximate surface area is 114 Å². The van der Waals surface area contributed by atoms with E-state index in [9.17, 15) is 9.59 Å². The van der Waals surface area contributed by atoms with Crippen molar-refractivity contribution in [3.05, 3.63) is 23.8 Å². The number of carboxylic acids is 1. The predicted octanol–water partition coefficient (Wildman–Crippen LogP) is 0.454. The highest BCUT2D eigenvalue weighted by Gasteiger charge is 2.34. The van der Waals surface area contributed by atoms with Gasteiger partial charge in [0, 0.05) is 11.9 Å². The highest BCUT2D eigenvalue weighted by atomic mass is 32.2. The average Bonchev–Trinajstić information content (AvgIpc) is 2.87. The van der Waals surface area contributed by atoms with Crippen molar-refractivity contribution in [1.82, 2.24) is 20.2 Å². The number of urea groups is 1. The van der Waals surface area contributed by atoms with Crippen LogP contribution in [-0.4, -0.2) is 49.6 Å². The van der Waals surface area contributed by atoms with E-state index in [-0.39, 0.29) is 12.6 Å². The molecule has 1 aromatic heterocycles. The van der Waals surface area contributed by atoms with Crippen LogP contribution in [-0.2, 0) is 11.3 Å². The lowest BCUT2D eigenvalue weighted by molar-refractivity contribution is -0.140. The lowest BCUT2D eigenvalue weighted by Crippen LogP contribution is -2.46. The normalized spacial score (nSPS) is 18.4. The molecule has 102 valence electrons. The SMILES string of the molecule is Cc1cnc(CNC(=O)N2CSC[C@H]2C(=O)O)cn1. The van der Waals surface area contributed by atoms with Gasteiger partial charge >= 0.3 is 12.0 Å². The summed E-state index contributed by atoms with van der Waals surface area (Å²) in [7, 11) is 0. The summed E-state index contributed by atoms with van der Waals surface area (Å²) < 4.78 is 0. The number of aryl methyl sites for hydroxylation is 1. The number of rotatable bonds is 3. The summed E-state index contributed by atoms with van der Waals surface area (Å²) in [4.78, 5) is 32.4. The molecule has 19 heavy (non-hydrogen) atoms. The van der Waals surface area contributed by atoms with E-state index in [4.69, 9.17) is 5.11 Å². The van der Waals surface area contributed by atoms with E-state index in [1.807, 2.05) is 6.92 Å². The number of aromatic nitrogens is 2. The Morgan fingerprint density at radius 2 is 2.32 bits per heavy atom. The van der Waals surface area contributed by atoms with Gasteiger partial charge in [-0.2, -0.15) is 0 Å². The number of carbonyl (C=O) groups excluding carboxylic acids is 1. The highest BCUT2D eigenvalue weighted by molar-refractivity contribution is 7.99. The van der Waals surface area contributed by atoms with E-state index in [0.29, 0.717) is 17.3 Å². The highest BCUT2D eigenvalue weighted by Crippen LogP contribution is 2.20. The summed E-state index contributed by atoms with van der Waals surface area (Å²) in [5.74, 6) is -0.162. The number of hydrogen-bond donors (Lipinski definition) is 2. The van der Waals surface area contributed by atoms with Crippen LogP contribution in [0, 0.1) is 6.92 Å². The fourth-order valence-corrected chi connectivity index (χ4v) is 2.77. The first-order valence-corrected chi connectivity index (χ1v) is 6.86. The van der Waals surface area contributed by atoms with Crippen molar-refractivity contribution in [3.8, 4) is 0 Å². The van der Waals surface area contributed by atoms with Gasteiger partial charge in [-0.1, -0.05) is 0 Å². The van der Waals surface area contributed by atoms with Crippen molar-refractivity contribution in [2.45, 2.75) is 19.5 Å². The van der Waals surface area contributed by atoms with Crippen LogP contribution < -0.4 is 5.32 Å². The summed E-state index contributed by atoms with van der Waals surface area (Å²) in [5, 5.41) is 11.6. The Balaban J connectivity index is 1.90. The molecule has 8 heteroatoms. The third-order valence-corrected chi connectivity index (χ3v) is 3.70. The fraction of sp³-hybridized carbons (Fsp3) is 0.455. The van der Waals surface area contributed by atoms with Gasteiger partial charge in [0.2, 0.25) is 0 Å². The molecule has 0 aromatic carbocycles. The zero-order valence-corrected chi connectivity index (χ0v) is 11.2. The van der Waals surface area contributed by atoms with Gasteiger partial charge in [0.25, 0.3) is 0 Å². The number of carbonyl (C=O) groups is 2. The molecule has 1 aliphatic rings. The summed E-state index contributed by atoms with van der Waals surface area (Å²) in [6, 6.07) is -1.14. The van der Waals surface area contributed by atoms with Crippen LogP contribution in [0.25, 0.3) is 0 Å². The molecule has 0 bridgehead atoms. The van der Waals surface area contributed by atoms with Gasteiger partial charge in [-0.3, -0.25) is 9.97 Å². The molecule has 1 fully saturated rings. The van der Waals surface area contributed by atoms with Crippen LogP contribution in [0.1, 0.15) is 11.4 Å². The molecule has 0 unspecified atom stereocenters. The second kappa shape index (κ2) is 5.87. The largest absolute Gasteiger partial charge is 0.480 e. The van der Waals surface area contributed by atoms with E-state index >= 15 is 0 Å². The van der Waals surface area contributed by atoms with Gasteiger partial charge in [-0.15, -0.1) is 11.8 Å². The molecule has 2 rings (SSSR count). The minimum Gasteiger partial charge on any atom is -0.480 e. The first kappa shape index (κ1) is 13.6. The maximum atomic E-state index is 11.9. The van der Waals surface area contributed by atoms with Crippen LogP contribution in [0.5, 0.6) is 0 Å². The number of nitrogens with zero attached hydrogens (tertiary/aromatic N) is 3. The smallest absolute Gasteiger partial charge is 0.327 e. The summed E-state index contributed by atoms with van der Waals surface area (Å²) in [6.07, 6.45) is 3.20. The quantitative estimate of drug-likeness (QED) is 0.836. The van der Waals surface area contributed by atoms with Gasteiger partial charge in [0.1, 0.15) is 6.04 Å². The summed E-state index contributed by atoms with van der Waals surface area (Å²) in [6.45, 7) is 2.06. The molecule has 1 aliphatic heterocycles. The van der Waals surface area contributed by atoms with Crippen molar-refractivity contribution in [3.63, 3.8) is 0 Å². The molecular weight excluding hydrogens is 268 g/mol. The number of nitrogens with one attached hydrogen (secondary N) is 1. The standard InChI is InChI=1S/C11H14N4O3S/c1-7-2-13-8(3-12-7)4-14-11(18)15-6-19-5-9(15)10(16)17/h2-3,9H,4-6H2,1H3,(H,14,18)(H,16,17)/t9-/m0/s1. The number of thioether (sulfide) groups is 1. The molecule has 0 spiro atoms. The predicted molar refractivity (Wildman–Crippen MR) is 69.6 cm³/mol. The lowest BCUT2D eigenvalue weighted by atomic mass is 10.3. The number of hydrogen-bond acceptors (Lipinski definition) is 5. The van der Waals surface area contributed by atoms with Crippen molar-refractivity contribution in [1.29, 1.82) is 0 Å². The van der Waals surface area contributed by atoms with E-state index in [1.165, 1.54) is 16.7 Å². The molecule has 2 amide bonds. The van der Waals surface area contributed by atoms with Gasteiger partial charge in [-0.05, 0) is 6.92 Å². The van der Waals surface area contributed by atoms with Gasteiger partial charge in [0.15, 0.2) is 0 Å². The Hall–Kier alpha value is -1.83. The van der Waals surface area contributed by atoms with Gasteiger partial charge < -0.3 is 15.3 Å². The summed E-state index contributed by atoms with van der Waals surface area (Å²) >= 11 is 1.43. The van der Waals surface area contributed by atoms with Crippen LogP contribution in [0.15, 0.2) is 12.4 Å². The van der Waals surface area contributed by atoms with Gasteiger partial charge in [-0.25, -0.2) is 9.59 Å². The molecule has 2 heterocycles. The second-order valence-corrected chi connectivity index (χ2v) is 5.13. The molecule has 1 atom stereocenters. The van der Waals surface area contributed by atoms with Crippen LogP contribution in [0.2, 0.25) is 0 Å². The Kier molecular flexibility index (Phi) is 4.20. The molecule has 0 saturated carbocycles. The van der Waals surface area contributed by atoms with Crippen molar-refractivity contribution < 1.29 is 14.7 Å². The molecule has 2 N–H and O–H groups in total. The van der Waals surface area contributed by atoms with Crippen LogP contribution in [0.3, 0.4) is 0 Å². The van der Waals surface area contributed by atoms with E-state index in [1.54, 1.807) is 12.4 Å². The summed E-state index contributed by atoms with van der Waals surface area (Å²) in [5.41, 5.74) is 1.44. The van der Waals surface area contributed by atoms with E-state index < -0.39 is 12.0 Å². The molecule has 0 radical (unpaired) electrons. The number of amides is 2. The van der Waals surface area contributed by atoms with Crippen molar-refractivity contribution >= 4 is 23.8 Å². The maximum Gasteiger partial charge on any atom is 0.327 e. The average molecular weight is 282 g/mol. The van der Waals surface area contributed by atoms with Gasteiger partial charge in [0.05, 0.1) is 30.0 Å². The van der Waals surface area contributed by atoms with Crippen molar-refractivity contribution in [2.75, 3.05) is 11.6 Å². The first-order chi connectivity index (χ1) is 9.08. The fourth-order valence-electron chi connectivity index (χ4n) is 1.63. The zero-order valence-electron chi connectivity index (χ0n) is 10.4. The molecule has 7 nitrogen and oxygen atoms in total. The lowest BCUT2D eigenvalue weighted by Gasteiger charge is -2.20. The van der Waals surface area contributed by atoms with Crippen molar-refractivity contribution in [2.24, 2.45) is 0 Å². The minimum atomic E-state index is -0.977. The molecular formula is C11H14N4O3S.